The molecule has 1 aliphatic heterocycles. The summed E-state index contributed by atoms with van der Waals surface area (Å²) in [6, 6.07) is 15.3. The summed E-state index contributed by atoms with van der Waals surface area (Å²) in [5.74, 6) is 1.32. The molecule has 0 saturated carbocycles. The standard InChI is InChI=1S/C25H33NO.ClH/c1-18-6-3-4-8-22(18)21-12-14-26(15-13-21)17-20-10-11-23-19(2)7-5-9-24(23)25(27)16-20;/h3-9,20-21,25,27H,10-17H2,1-2H3;1H/t20-,25-;/m0./s1. The molecular formula is C25H34ClNO. The number of halogens is 1. The third kappa shape index (κ3) is 4.62. The highest BCUT2D eigenvalue weighted by atomic mass is 35.5. The Labute approximate surface area is 176 Å². The Morgan fingerprint density at radius 2 is 1.57 bits per heavy atom. The van der Waals surface area contributed by atoms with E-state index in [1.807, 2.05) is 0 Å². The highest BCUT2D eigenvalue weighted by molar-refractivity contribution is 5.85. The van der Waals surface area contributed by atoms with Crippen LogP contribution in [0.5, 0.6) is 0 Å². The number of fused-ring (bicyclic) bond motifs is 1. The Balaban J connectivity index is 0.00000225. The summed E-state index contributed by atoms with van der Waals surface area (Å²) in [6.45, 7) is 7.95. The summed E-state index contributed by atoms with van der Waals surface area (Å²) in [4.78, 5) is 2.65. The van der Waals surface area contributed by atoms with E-state index in [1.54, 1.807) is 5.56 Å². The third-order valence-corrected chi connectivity index (χ3v) is 6.90. The molecule has 2 aromatic carbocycles. The van der Waals surface area contributed by atoms with Gasteiger partial charge in [0, 0.05) is 6.54 Å². The molecule has 0 bridgehead atoms. The molecule has 0 spiro atoms. The zero-order chi connectivity index (χ0) is 18.8. The van der Waals surface area contributed by atoms with Crippen molar-refractivity contribution in [2.45, 2.75) is 58.0 Å². The molecule has 2 nitrogen and oxygen atoms in total. The Kier molecular flexibility index (Phi) is 7.20. The molecule has 28 heavy (non-hydrogen) atoms. The highest BCUT2D eigenvalue weighted by Gasteiger charge is 2.27. The number of nitrogens with zero attached hydrogens (tertiary/aromatic N) is 1. The summed E-state index contributed by atoms with van der Waals surface area (Å²) in [6.07, 6.45) is 5.46. The van der Waals surface area contributed by atoms with Crippen LogP contribution >= 0.6 is 12.4 Å². The van der Waals surface area contributed by atoms with Gasteiger partial charge in [-0.3, -0.25) is 0 Å². The van der Waals surface area contributed by atoms with Crippen LogP contribution in [0.2, 0.25) is 0 Å². The first-order valence-corrected chi connectivity index (χ1v) is 10.7. The third-order valence-electron chi connectivity index (χ3n) is 6.90. The predicted octanol–water partition coefficient (Wildman–Crippen LogP) is 5.59. The largest absolute Gasteiger partial charge is 0.388 e. The number of aryl methyl sites for hydroxylation is 2. The van der Waals surface area contributed by atoms with Crippen LogP contribution in [0.15, 0.2) is 42.5 Å². The average molecular weight is 400 g/mol. The minimum absolute atomic E-state index is 0. The first kappa shape index (κ1) is 21.4. The number of likely N-dealkylation sites (tertiary alicyclic amines) is 1. The van der Waals surface area contributed by atoms with Gasteiger partial charge in [-0.2, -0.15) is 0 Å². The molecule has 1 heterocycles. The molecule has 2 aliphatic rings. The summed E-state index contributed by atoms with van der Waals surface area (Å²) in [5.41, 5.74) is 6.90. The molecule has 0 unspecified atom stereocenters. The smallest absolute Gasteiger partial charge is 0.0795 e. The normalized spacial score (nSPS) is 23.5. The first-order chi connectivity index (χ1) is 13.1. The van der Waals surface area contributed by atoms with Crippen molar-refractivity contribution in [3.05, 3.63) is 70.3 Å². The van der Waals surface area contributed by atoms with Gasteiger partial charge in [0.25, 0.3) is 0 Å². The maximum absolute atomic E-state index is 10.8. The van der Waals surface area contributed by atoms with Gasteiger partial charge in [0.05, 0.1) is 6.10 Å². The SMILES string of the molecule is Cc1ccccc1C1CCN(C[C@H]2CCc3c(C)cccc3[C@@H](O)C2)CC1.Cl. The average Bonchev–Trinajstić information content (AvgIpc) is 2.83. The van der Waals surface area contributed by atoms with E-state index in [1.165, 1.54) is 54.6 Å². The van der Waals surface area contributed by atoms with Crippen LogP contribution in [0.1, 0.15) is 65.5 Å². The molecule has 2 atom stereocenters. The predicted molar refractivity (Wildman–Crippen MR) is 119 cm³/mol. The molecule has 1 aliphatic carbocycles. The number of piperidine rings is 1. The quantitative estimate of drug-likeness (QED) is 0.680. The van der Waals surface area contributed by atoms with Crippen LogP contribution in [0.25, 0.3) is 0 Å². The van der Waals surface area contributed by atoms with Crippen molar-refractivity contribution >= 4 is 12.4 Å². The number of hydrogen-bond donors (Lipinski definition) is 1. The molecule has 4 rings (SSSR count). The monoisotopic (exact) mass is 399 g/mol. The van der Waals surface area contributed by atoms with Crippen LogP contribution in [0.3, 0.4) is 0 Å². The molecule has 0 amide bonds. The van der Waals surface area contributed by atoms with Crippen molar-refractivity contribution in [2.24, 2.45) is 5.92 Å². The minimum atomic E-state index is -0.295. The molecule has 0 aromatic heterocycles. The maximum atomic E-state index is 10.8. The van der Waals surface area contributed by atoms with Gasteiger partial charge in [0.1, 0.15) is 0 Å². The second-order valence-electron chi connectivity index (χ2n) is 8.73. The van der Waals surface area contributed by atoms with Gasteiger partial charge in [-0.15, -0.1) is 12.4 Å². The molecule has 1 saturated heterocycles. The van der Waals surface area contributed by atoms with Gasteiger partial charge in [-0.05, 0) is 98.7 Å². The van der Waals surface area contributed by atoms with E-state index in [9.17, 15) is 5.11 Å². The lowest BCUT2D eigenvalue weighted by molar-refractivity contribution is 0.117. The molecule has 152 valence electrons. The van der Waals surface area contributed by atoms with Crippen LogP contribution in [-0.4, -0.2) is 29.6 Å². The molecule has 1 fully saturated rings. The lowest BCUT2D eigenvalue weighted by Gasteiger charge is -2.35. The van der Waals surface area contributed by atoms with E-state index < -0.39 is 0 Å². The van der Waals surface area contributed by atoms with Crippen molar-refractivity contribution < 1.29 is 5.11 Å². The summed E-state index contributed by atoms with van der Waals surface area (Å²) in [7, 11) is 0. The maximum Gasteiger partial charge on any atom is 0.0795 e. The zero-order valence-corrected chi connectivity index (χ0v) is 18.0. The Bertz CT molecular complexity index is 782. The fourth-order valence-corrected chi connectivity index (χ4v) is 5.29. The van der Waals surface area contributed by atoms with Crippen LogP contribution in [0.4, 0.5) is 0 Å². The molecule has 0 radical (unpaired) electrons. The fraction of sp³-hybridized carbons (Fsp3) is 0.520. The van der Waals surface area contributed by atoms with Gasteiger partial charge in [0.15, 0.2) is 0 Å². The van der Waals surface area contributed by atoms with Crippen LogP contribution in [0, 0.1) is 19.8 Å². The van der Waals surface area contributed by atoms with E-state index in [0.29, 0.717) is 11.8 Å². The van der Waals surface area contributed by atoms with E-state index in [4.69, 9.17) is 0 Å². The van der Waals surface area contributed by atoms with E-state index >= 15 is 0 Å². The van der Waals surface area contributed by atoms with Crippen molar-refractivity contribution in [3.8, 4) is 0 Å². The van der Waals surface area contributed by atoms with Crippen LogP contribution < -0.4 is 0 Å². The van der Waals surface area contributed by atoms with Gasteiger partial charge in [0.2, 0.25) is 0 Å². The second kappa shape index (κ2) is 9.43. The molecular weight excluding hydrogens is 366 g/mol. The summed E-state index contributed by atoms with van der Waals surface area (Å²) >= 11 is 0. The summed E-state index contributed by atoms with van der Waals surface area (Å²) in [5, 5.41) is 10.8. The molecule has 1 N–H and O–H groups in total. The number of benzene rings is 2. The minimum Gasteiger partial charge on any atom is -0.388 e. The Hall–Kier alpha value is -1.35. The van der Waals surface area contributed by atoms with E-state index in [-0.39, 0.29) is 18.5 Å². The number of rotatable bonds is 3. The van der Waals surface area contributed by atoms with Crippen molar-refractivity contribution in [2.75, 3.05) is 19.6 Å². The van der Waals surface area contributed by atoms with E-state index in [2.05, 4.69) is 61.2 Å². The van der Waals surface area contributed by atoms with Crippen molar-refractivity contribution in [1.29, 1.82) is 0 Å². The van der Waals surface area contributed by atoms with Gasteiger partial charge >= 0.3 is 0 Å². The number of hydrogen-bond acceptors (Lipinski definition) is 2. The number of aliphatic hydroxyl groups excluding tert-OH is 1. The van der Waals surface area contributed by atoms with Crippen LogP contribution in [-0.2, 0) is 6.42 Å². The topological polar surface area (TPSA) is 23.5 Å². The summed E-state index contributed by atoms with van der Waals surface area (Å²) < 4.78 is 0. The van der Waals surface area contributed by atoms with Crippen molar-refractivity contribution in [3.63, 3.8) is 0 Å². The molecule has 2 aromatic rings. The Morgan fingerprint density at radius 3 is 2.32 bits per heavy atom. The second-order valence-corrected chi connectivity index (χ2v) is 8.73. The van der Waals surface area contributed by atoms with Gasteiger partial charge in [-0.1, -0.05) is 42.5 Å². The van der Waals surface area contributed by atoms with Crippen molar-refractivity contribution in [1.82, 2.24) is 4.90 Å². The van der Waals surface area contributed by atoms with Gasteiger partial charge in [-0.25, -0.2) is 0 Å². The Morgan fingerprint density at radius 1 is 0.893 bits per heavy atom. The number of aliphatic hydroxyl groups is 1. The van der Waals surface area contributed by atoms with Gasteiger partial charge < -0.3 is 10.0 Å². The zero-order valence-electron chi connectivity index (χ0n) is 17.2. The lowest BCUT2D eigenvalue weighted by atomic mass is 9.86. The highest BCUT2D eigenvalue weighted by Crippen LogP contribution is 2.35. The van der Waals surface area contributed by atoms with E-state index in [0.717, 1.165) is 19.4 Å². The fourth-order valence-electron chi connectivity index (χ4n) is 5.29. The first-order valence-electron chi connectivity index (χ1n) is 10.7. The molecule has 3 heteroatoms. The lowest BCUT2D eigenvalue weighted by Crippen LogP contribution is -2.37.